The number of rotatable bonds is 4. The maximum Gasteiger partial charge on any atom is 0.253 e. The number of carbonyl (C=O) groups excluding carboxylic acids is 1. The first-order valence-corrected chi connectivity index (χ1v) is 11.0. The molecule has 1 aliphatic carbocycles. The van der Waals surface area contributed by atoms with Crippen molar-refractivity contribution in [3.05, 3.63) is 47.6 Å². The first-order valence-electron chi connectivity index (χ1n) is 11.0. The summed E-state index contributed by atoms with van der Waals surface area (Å²) in [5, 5.41) is 4.08. The Hall–Kier alpha value is -2.21. The van der Waals surface area contributed by atoms with Gasteiger partial charge in [0.25, 0.3) is 5.91 Å². The van der Waals surface area contributed by atoms with Gasteiger partial charge in [0.1, 0.15) is 0 Å². The molecule has 0 N–H and O–H groups in total. The van der Waals surface area contributed by atoms with Crippen LogP contribution in [0.2, 0.25) is 0 Å². The average Bonchev–Trinajstić information content (AvgIpc) is 3.41. The highest BCUT2D eigenvalue weighted by Gasteiger charge is 2.57. The second kappa shape index (κ2) is 7.56. The van der Waals surface area contributed by atoms with Gasteiger partial charge in [-0.2, -0.15) is 4.98 Å². The highest BCUT2D eigenvalue weighted by molar-refractivity contribution is 5.94. The SMILES string of the molecule is Cc1noc([C@]23CN(CC4CCCCC4)C[C@H]2CN(C(=O)c2ccccc2)C3)n1. The predicted molar refractivity (Wildman–Crippen MR) is 110 cm³/mol. The van der Waals surface area contributed by atoms with E-state index in [9.17, 15) is 4.79 Å². The molecule has 5 rings (SSSR count). The molecular formula is C23H30N4O2. The van der Waals surface area contributed by atoms with Crippen molar-refractivity contribution in [2.75, 3.05) is 32.7 Å². The number of amides is 1. The molecule has 29 heavy (non-hydrogen) atoms. The minimum atomic E-state index is -0.236. The van der Waals surface area contributed by atoms with Crippen molar-refractivity contribution in [3.63, 3.8) is 0 Å². The standard InChI is InChI=1S/C23H30N4O2/c1-17-24-22(29-25-17)23-15-26(12-18-8-4-2-5-9-18)13-20(23)14-27(16-23)21(28)19-10-6-3-7-11-19/h3,6-7,10-11,18,20H,2,4-5,8-9,12-16H2,1H3/t20-,23-/m0/s1. The van der Waals surface area contributed by atoms with Gasteiger partial charge in [-0.25, -0.2) is 0 Å². The summed E-state index contributed by atoms with van der Waals surface area (Å²) in [5.41, 5.74) is 0.517. The highest BCUT2D eigenvalue weighted by Crippen LogP contribution is 2.45. The smallest absolute Gasteiger partial charge is 0.253 e. The van der Waals surface area contributed by atoms with Gasteiger partial charge < -0.3 is 14.3 Å². The Morgan fingerprint density at radius 2 is 1.93 bits per heavy atom. The molecule has 1 saturated carbocycles. The van der Waals surface area contributed by atoms with Crippen molar-refractivity contribution in [2.24, 2.45) is 11.8 Å². The van der Waals surface area contributed by atoms with Crippen LogP contribution in [0.1, 0.15) is 54.2 Å². The molecule has 3 heterocycles. The molecule has 2 saturated heterocycles. The Morgan fingerprint density at radius 1 is 1.14 bits per heavy atom. The lowest BCUT2D eigenvalue weighted by atomic mass is 9.81. The Kier molecular flexibility index (Phi) is 4.90. The summed E-state index contributed by atoms with van der Waals surface area (Å²) in [6.45, 7) is 6.38. The molecule has 154 valence electrons. The van der Waals surface area contributed by atoms with Crippen molar-refractivity contribution in [1.29, 1.82) is 0 Å². The summed E-state index contributed by atoms with van der Waals surface area (Å²) in [4.78, 5) is 22.3. The number of carbonyl (C=O) groups is 1. The van der Waals surface area contributed by atoms with Crippen LogP contribution in [0.5, 0.6) is 0 Å². The third-order valence-electron chi connectivity index (χ3n) is 7.18. The summed E-state index contributed by atoms with van der Waals surface area (Å²) < 4.78 is 5.70. The fraction of sp³-hybridized carbons (Fsp3) is 0.609. The number of likely N-dealkylation sites (tertiary alicyclic amines) is 2. The van der Waals surface area contributed by atoms with Crippen molar-refractivity contribution in [2.45, 2.75) is 44.4 Å². The van der Waals surface area contributed by atoms with Gasteiger partial charge in [0.15, 0.2) is 5.82 Å². The molecule has 0 spiro atoms. The van der Waals surface area contributed by atoms with Gasteiger partial charge in [0, 0.05) is 44.2 Å². The molecule has 3 fully saturated rings. The van der Waals surface area contributed by atoms with E-state index in [0.29, 0.717) is 18.3 Å². The van der Waals surface area contributed by atoms with E-state index in [1.54, 1.807) is 0 Å². The van der Waals surface area contributed by atoms with Crippen LogP contribution in [0.15, 0.2) is 34.9 Å². The van der Waals surface area contributed by atoms with Crippen LogP contribution in [0, 0.1) is 18.8 Å². The first kappa shape index (κ1) is 18.8. The zero-order valence-electron chi connectivity index (χ0n) is 17.2. The number of hydrogen-bond acceptors (Lipinski definition) is 5. The lowest BCUT2D eigenvalue weighted by Gasteiger charge is -2.29. The molecule has 0 unspecified atom stereocenters. The van der Waals surface area contributed by atoms with E-state index in [0.717, 1.165) is 43.6 Å². The monoisotopic (exact) mass is 394 g/mol. The largest absolute Gasteiger partial charge is 0.339 e. The van der Waals surface area contributed by atoms with Crippen LogP contribution in [0.3, 0.4) is 0 Å². The number of aromatic nitrogens is 2. The zero-order chi connectivity index (χ0) is 19.8. The van der Waals surface area contributed by atoms with Crippen LogP contribution >= 0.6 is 0 Å². The minimum Gasteiger partial charge on any atom is -0.339 e. The quantitative estimate of drug-likeness (QED) is 0.796. The van der Waals surface area contributed by atoms with E-state index in [-0.39, 0.29) is 11.3 Å². The van der Waals surface area contributed by atoms with Gasteiger partial charge in [-0.05, 0) is 37.8 Å². The van der Waals surface area contributed by atoms with Crippen molar-refractivity contribution >= 4 is 5.91 Å². The molecule has 6 heteroatoms. The van der Waals surface area contributed by atoms with E-state index in [2.05, 4.69) is 15.0 Å². The van der Waals surface area contributed by atoms with Crippen LogP contribution < -0.4 is 0 Å². The Labute approximate surface area is 172 Å². The number of hydrogen-bond donors (Lipinski definition) is 0. The lowest BCUT2D eigenvalue weighted by Crippen LogP contribution is -2.41. The third kappa shape index (κ3) is 3.48. The number of aryl methyl sites for hydroxylation is 1. The van der Waals surface area contributed by atoms with E-state index >= 15 is 0 Å². The summed E-state index contributed by atoms with van der Waals surface area (Å²) >= 11 is 0. The molecule has 0 radical (unpaired) electrons. The number of nitrogens with zero attached hydrogens (tertiary/aromatic N) is 4. The molecule has 3 aliphatic rings. The van der Waals surface area contributed by atoms with Crippen molar-refractivity contribution in [1.82, 2.24) is 19.9 Å². The van der Waals surface area contributed by atoms with Crippen LogP contribution in [-0.4, -0.2) is 58.6 Å². The normalized spacial score (nSPS) is 28.0. The molecule has 1 aromatic heterocycles. The zero-order valence-corrected chi connectivity index (χ0v) is 17.2. The van der Waals surface area contributed by atoms with Gasteiger partial charge in [-0.3, -0.25) is 4.79 Å². The van der Waals surface area contributed by atoms with Crippen molar-refractivity contribution < 1.29 is 9.32 Å². The first-order chi connectivity index (χ1) is 14.1. The van der Waals surface area contributed by atoms with E-state index < -0.39 is 0 Å². The summed E-state index contributed by atoms with van der Waals surface area (Å²) in [6.07, 6.45) is 6.84. The second-order valence-electron chi connectivity index (χ2n) is 9.25. The van der Waals surface area contributed by atoms with Crippen molar-refractivity contribution in [3.8, 4) is 0 Å². The number of fused-ring (bicyclic) bond motifs is 1. The number of benzene rings is 1. The lowest BCUT2D eigenvalue weighted by molar-refractivity contribution is 0.0764. The molecule has 1 aromatic carbocycles. The van der Waals surface area contributed by atoms with E-state index in [4.69, 9.17) is 4.52 Å². The van der Waals surface area contributed by atoms with E-state index in [1.165, 1.54) is 32.1 Å². The van der Waals surface area contributed by atoms with Gasteiger partial charge >= 0.3 is 0 Å². The Bertz CT molecular complexity index is 861. The minimum absolute atomic E-state index is 0.106. The molecule has 0 bridgehead atoms. The van der Waals surface area contributed by atoms with Gasteiger partial charge in [-0.1, -0.05) is 42.6 Å². The van der Waals surface area contributed by atoms with Gasteiger partial charge in [0.2, 0.25) is 5.89 Å². The van der Waals surface area contributed by atoms with Gasteiger partial charge in [0.05, 0.1) is 5.41 Å². The summed E-state index contributed by atoms with van der Waals surface area (Å²) in [7, 11) is 0. The third-order valence-corrected chi connectivity index (χ3v) is 7.18. The summed E-state index contributed by atoms with van der Waals surface area (Å²) in [6, 6.07) is 9.59. The highest BCUT2D eigenvalue weighted by atomic mass is 16.5. The molecule has 2 atom stereocenters. The maximum absolute atomic E-state index is 13.1. The molecule has 1 amide bonds. The molecule has 2 aliphatic heterocycles. The fourth-order valence-corrected chi connectivity index (χ4v) is 5.76. The Balaban J connectivity index is 1.37. The average molecular weight is 395 g/mol. The topological polar surface area (TPSA) is 62.5 Å². The maximum atomic E-state index is 13.1. The van der Waals surface area contributed by atoms with Crippen LogP contribution in [0.25, 0.3) is 0 Å². The van der Waals surface area contributed by atoms with E-state index in [1.807, 2.05) is 42.2 Å². The molecule has 6 nitrogen and oxygen atoms in total. The predicted octanol–water partition coefficient (Wildman–Crippen LogP) is 3.28. The van der Waals surface area contributed by atoms with Crippen LogP contribution in [-0.2, 0) is 5.41 Å². The Morgan fingerprint density at radius 3 is 2.66 bits per heavy atom. The molecule has 2 aromatic rings. The van der Waals surface area contributed by atoms with Crippen LogP contribution in [0.4, 0.5) is 0 Å². The second-order valence-corrected chi connectivity index (χ2v) is 9.25. The van der Waals surface area contributed by atoms with Gasteiger partial charge in [-0.15, -0.1) is 0 Å². The fourth-order valence-electron chi connectivity index (χ4n) is 5.76. The molecular weight excluding hydrogens is 364 g/mol. The summed E-state index contributed by atoms with van der Waals surface area (Å²) in [5.74, 6) is 2.65.